The maximum Gasteiger partial charge on any atom is 0.339 e. The number of ether oxygens (including phenoxy) is 1. The van der Waals surface area contributed by atoms with Crippen LogP contribution in [0.25, 0.3) is 16.5 Å². The van der Waals surface area contributed by atoms with Crippen LogP contribution in [0.15, 0.2) is 47.6 Å². The highest BCUT2D eigenvalue weighted by Crippen LogP contribution is 2.27. The van der Waals surface area contributed by atoms with Gasteiger partial charge in [0.1, 0.15) is 17.1 Å². The molecule has 0 amide bonds. The summed E-state index contributed by atoms with van der Waals surface area (Å²) in [6.45, 7) is 11.4. The number of pyridine rings is 1. The van der Waals surface area contributed by atoms with Crippen LogP contribution in [-0.4, -0.2) is 21.7 Å². The third-order valence-electron chi connectivity index (χ3n) is 3.65. The van der Waals surface area contributed by atoms with Crippen LogP contribution in [-0.2, 0) is 4.74 Å². The minimum Gasteiger partial charge on any atom is -0.456 e. The molecule has 25 heavy (non-hydrogen) atoms. The molecule has 2 aromatic heterocycles. The lowest BCUT2D eigenvalue weighted by Crippen LogP contribution is -2.24. The van der Waals surface area contributed by atoms with Crippen molar-refractivity contribution in [3.63, 3.8) is 0 Å². The number of esters is 1. The molecule has 0 atom stereocenters. The van der Waals surface area contributed by atoms with E-state index in [1.807, 2.05) is 52.0 Å². The highest BCUT2D eigenvalue weighted by molar-refractivity contribution is 6.04. The molecule has 0 aliphatic heterocycles. The van der Waals surface area contributed by atoms with E-state index in [9.17, 15) is 4.79 Å². The van der Waals surface area contributed by atoms with Crippen molar-refractivity contribution in [2.75, 3.05) is 0 Å². The maximum atomic E-state index is 12.5. The smallest absolute Gasteiger partial charge is 0.339 e. The van der Waals surface area contributed by atoms with Gasteiger partial charge in [-0.25, -0.2) is 4.79 Å². The zero-order valence-electron chi connectivity index (χ0n) is 14.8. The van der Waals surface area contributed by atoms with Gasteiger partial charge in [-0.3, -0.25) is 4.98 Å². The first kappa shape index (κ1) is 16.9. The summed E-state index contributed by atoms with van der Waals surface area (Å²) in [5.41, 5.74) is 2.87. The van der Waals surface area contributed by atoms with Gasteiger partial charge < -0.3 is 9.26 Å². The van der Waals surface area contributed by atoms with E-state index in [-0.39, 0.29) is 5.97 Å². The highest BCUT2D eigenvalue weighted by atomic mass is 16.6. The van der Waals surface area contributed by atoms with Gasteiger partial charge in [0, 0.05) is 23.2 Å². The number of fused-ring (bicyclic) bond motifs is 1. The van der Waals surface area contributed by atoms with Gasteiger partial charge in [0.2, 0.25) is 0 Å². The fourth-order valence-corrected chi connectivity index (χ4v) is 2.50. The predicted molar refractivity (Wildman–Crippen MR) is 96.3 cm³/mol. The molecule has 0 aliphatic rings. The molecule has 1 aromatic carbocycles. The SMILES string of the molecule is C=C(c1ccc2nccc(C(=O)OC(C)(C)C)c2c1)c1cc(C)on1. The zero-order valence-corrected chi connectivity index (χ0v) is 14.8. The maximum absolute atomic E-state index is 12.5. The number of nitrogens with zero attached hydrogens (tertiary/aromatic N) is 2. The van der Waals surface area contributed by atoms with E-state index in [1.54, 1.807) is 12.3 Å². The van der Waals surface area contributed by atoms with Crippen molar-refractivity contribution in [2.24, 2.45) is 0 Å². The van der Waals surface area contributed by atoms with Crippen LogP contribution in [0, 0.1) is 6.92 Å². The van der Waals surface area contributed by atoms with Crippen LogP contribution in [0.3, 0.4) is 0 Å². The van der Waals surface area contributed by atoms with Gasteiger partial charge in [0.05, 0.1) is 11.1 Å². The molecule has 0 aliphatic carbocycles. The van der Waals surface area contributed by atoms with Crippen molar-refractivity contribution in [1.82, 2.24) is 10.1 Å². The Balaban J connectivity index is 2.05. The molecular formula is C20H20N2O3. The van der Waals surface area contributed by atoms with Crippen LogP contribution < -0.4 is 0 Å². The van der Waals surface area contributed by atoms with Crippen molar-refractivity contribution >= 4 is 22.4 Å². The average molecular weight is 336 g/mol. The third-order valence-corrected chi connectivity index (χ3v) is 3.65. The number of hydrogen-bond acceptors (Lipinski definition) is 5. The number of carbonyl (C=O) groups is 1. The lowest BCUT2D eigenvalue weighted by atomic mass is 10.00. The number of benzene rings is 1. The molecule has 5 heteroatoms. The second kappa shape index (κ2) is 6.16. The molecule has 3 rings (SSSR count). The molecular weight excluding hydrogens is 316 g/mol. The summed E-state index contributed by atoms with van der Waals surface area (Å²) >= 11 is 0. The van der Waals surface area contributed by atoms with Gasteiger partial charge >= 0.3 is 5.97 Å². The Morgan fingerprint density at radius 1 is 1.20 bits per heavy atom. The molecule has 0 N–H and O–H groups in total. The summed E-state index contributed by atoms with van der Waals surface area (Å²) in [7, 11) is 0. The highest BCUT2D eigenvalue weighted by Gasteiger charge is 2.20. The van der Waals surface area contributed by atoms with Crippen molar-refractivity contribution < 1.29 is 14.1 Å². The van der Waals surface area contributed by atoms with Crippen molar-refractivity contribution in [1.29, 1.82) is 0 Å². The molecule has 0 bridgehead atoms. The molecule has 128 valence electrons. The fourth-order valence-electron chi connectivity index (χ4n) is 2.50. The van der Waals surface area contributed by atoms with E-state index in [2.05, 4.69) is 16.7 Å². The number of aromatic nitrogens is 2. The van der Waals surface area contributed by atoms with Gasteiger partial charge in [-0.15, -0.1) is 0 Å². The van der Waals surface area contributed by atoms with E-state index in [4.69, 9.17) is 9.26 Å². The Labute approximate surface area is 146 Å². The molecule has 0 saturated heterocycles. The molecule has 0 unspecified atom stereocenters. The molecule has 0 fully saturated rings. The molecule has 0 saturated carbocycles. The van der Waals surface area contributed by atoms with E-state index in [0.29, 0.717) is 17.0 Å². The lowest BCUT2D eigenvalue weighted by Gasteiger charge is -2.20. The normalized spacial score (nSPS) is 11.5. The molecule has 0 radical (unpaired) electrons. The van der Waals surface area contributed by atoms with Crippen molar-refractivity contribution in [2.45, 2.75) is 33.3 Å². The van der Waals surface area contributed by atoms with Crippen LogP contribution in [0.2, 0.25) is 0 Å². The number of rotatable bonds is 3. The Morgan fingerprint density at radius 3 is 2.60 bits per heavy atom. The van der Waals surface area contributed by atoms with Crippen molar-refractivity contribution in [3.05, 3.63) is 65.7 Å². The first-order valence-corrected chi connectivity index (χ1v) is 8.00. The summed E-state index contributed by atoms with van der Waals surface area (Å²) in [4.78, 5) is 16.9. The van der Waals surface area contributed by atoms with Crippen LogP contribution in [0.4, 0.5) is 0 Å². The van der Waals surface area contributed by atoms with E-state index < -0.39 is 5.60 Å². The van der Waals surface area contributed by atoms with Crippen LogP contribution in [0.5, 0.6) is 0 Å². The zero-order chi connectivity index (χ0) is 18.2. The van der Waals surface area contributed by atoms with Crippen molar-refractivity contribution in [3.8, 4) is 0 Å². The topological polar surface area (TPSA) is 65.2 Å². The quantitative estimate of drug-likeness (QED) is 0.657. The largest absolute Gasteiger partial charge is 0.456 e. The van der Waals surface area contributed by atoms with E-state index >= 15 is 0 Å². The van der Waals surface area contributed by atoms with Gasteiger partial charge in [0.15, 0.2) is 0 Å². The lowest BCUT2D eigenvalue weighted by molar-refractivity contribution is 0.00718. The van der Waals surface area contributed by atoms with Crippen LogP contribution in [0.1, 0.15) is 48.1 Å². The first-order valence-electron chi connectivity index (χ1n) is 8.00. The second-order valence-electron chi connectivity index (χ2n) is 6.89. The first-order chi connectivity index (χ1) is 11.7. The summed E-state index contributed by atoms with van der Waals surface area (Å²) in [6.07, 6.45) is 1.61. The van der Waals surface area contributed by atoms with E-state index in [1.165, 1.54) is 0 Å². The Kier molecular flexibility index (Phi) is 4.17. The number of carbonyl (C=O) groups excluding carboxylic acids is 1. The van der Waals surface area contributed by atoms with Crippen LogP contribution >= 0.6 is 0 Å². The average Bonchev–Trinajstić information content (AvgIpc) is 2.98. The van der Waals surface area contributed by atoms with Gasteiger partial charge in [-0.2, -0.15) is 0 Å². The summed E-state index contributed by atoms with van der Waals surface area (Å²) in [6, 6.07) is 9.14. The number of hydrogen-bond donors (Lipinski definition) is 0. The summed E-state index contributed by atoms with van der Waals surface area (Å²) in [5.74, 6) is 0.341. The monoisotopic (exact) mass is 336 g/mol. The van der Waals surface area contributed by atoms with Gasteiger partial charge in [-0.1, -0.05) is 17.8 Å². The van der Waals surface area contributed by atoms with Gasteiger partial charge in [-0.05, 0) is 51.5 Å². The Bertz CT molecular complexity index is 964. The van der Waals surface area contributed by atoms with E-state index in [0.717, 1.165) is 22.0 Å². The second-order valence-corrected chi connectivity index (χ2v) is 6.89. The summed E-state index contributed by atoms with van der Waals surface area (Å²) in [5, 5.41) is 4.71. The Hall–Kier alpha value is -2.95. The molecule has 0 spiro atoms. The standard InChI is InChI=1S/C20H20N2O3/c1-12-10-18(22-25-12)13(2)14-6-7-17-16(11-14)15(8-9-21-17)19(23)24-20(3,4)5/h6-11H,2H2,1,3-5H3. The molecule has 2 heterocycles. The Morgan fingerprint density at radius 2 is 1.96 bits per heavy atom. The predicted octanol–water partition coefficient (Wildman–Crippen LogP) is 4.55. The minimum atomic E-state index is -0.563. The van der Waals surface area contributed by atoms with Gasteiger partial charge in [0.25, 0.3) is 0 Å². The molecule has 5 nitrogen and oxygen atoms in total. The third kappa shape index (κ3) is 3.60. The molecule has 3 aromatic rings. The fraction of sp³-hybridized carbons (Fsp3) is 0.250. The number of aryl methyl sites for hydroxylation is 1. The minimum absolute atomic E-state index is 0.375. The summed E-state index contributed by atoms with van der Waals surface area (Å²) < 4.78 is 10.6.